The first-order chi connectivity index (χ1) is 8.77. The molecule has 90 valence electrons. The highest BCUT2D eigenvalue weighted by molar-refractivity contribution is 6.00. The van der Waals surface area contributed by atoms with Gasteiger partial charge in [-0.3, -0.25) is 4.79 Å². The maximum absolute atomic E-state index is 12.1. The van der Waals surface area contributed by atoms with E-state index in [0.29, 0.717) is 18.1 Å². The smallest absolute Gasteiger partial charge is 0.163 e. The summed E-state index contributed by atoms with van der Waals surface area (Å²) in [5.74, 6) is 0.675. The molecule has 0 saturated carbocycles. The summed E-state index contributed by atoms with van der Waals surface area (Å²) in [6.45, 7) is 2.03. The summed E-state index contributed by atoms with van der Waals surface area (Å²) in [7, 11) is 0. The molecule has 0 saturated heterocycles. The van der Waals surface area contributed by atoms with Crippen LogP contribution in [0.4, 0.5) is 0 Å². The van der Waals surface area contributed by atoms with Gasteiger partial charge in [0.1, 0.15) is 0 Å². The van der Waals surface area contributed by atoms with E-state index in [4.69, 9.17) is 0 Å². The number of fused-ring (bicyclic) bond motifs is 1. The highest BCUT2D eigenvalue weighted by Gasteiger charge is 2.27. The van der Waals surface area contributed by atoms with Crippen molar-refractivity contribution in [3.05, 3.63) is 70.8 Å². The SMILES string of the molecule is Cc1cccc2c1C(=O)CC[C@H]2c1ccccc1. The van der Waals surface area contributed by atoms with Crippen LogP contribution < -0.4 is 0 Å². The van der Waals surface area contributed by atoms with Gasteiger partial charge in [0.05, 0.1) is 0 Å². The minimum atomic E-state index is 0.301. The minimum absolute atomic E-state index is 0.301. The van der Waals surface area contributed by atoms with Crippen LogP contribution in [0.3, 0.4) is 0 Å². The van der Waals surface area contributed by atoms with Crippen LogP contribution in [-0.4, -0.2) is 5.78 Å². The lowest BCUT2D eigenvalue weighted by Gasteiger charge is -2.26. The Morgan fingerprint density at radius 3 is 2.56 bits per heavy atom. The van der Waals surface area contributed by atoms with Gasteiger partial charge in [-0.05, 0) is 30.0 Å². The summed E-state index contributed by atoms with van der Waals surface area (Å²) in [6.07, 6.45) is 1.59. The maximum atomic E-state index is 12.1. The average Bonchev–Trinajstić information content (AvgIpc) is 2.40. The first-order valence-electron chi connectivity index (χ1n) is 6.45. The molecular formula is C17H16O. The van der Waals surface area contributed by atoms with Crippen molar-refractivity contribution in [3.8, 4) is 0 Å². The van der Waals surface area contributed by atoms with Crippen molar-refractivity contribution in [2.75, 3.05) is 0 Å². The minimum Gasteiger partial charge on any atom is -0.294 e. The maximum Gasteiger partial charge on any atom is 0.163 e. The number of Topliss-reactive ketones (excluding diaryl/α,β-unsaturated/α-hetero) is 1. The van der Waals surface area contributed by atoms with Crippen LogP contribution >= 0.6 is 0 Å². The van der Waals surface area contributed by atoms with E-state index in [1.165, 1.54) is 11.1 Å². The second kappa shape index (κ2) is 4.41. The van der Waals surface area contributed by atoms with Crippen molar-refractivity contribution in [2.45, 2.75) is 25.7 Å². The van der Waals surface area contributed by atoms with E-state index in [1.54, 1.807) is 0 Å². The molecule has 0 amide bonds. The Kier molecular flexibility index (Phi) is 2.75. The topological polar surface area (TPSA) is 17.1 Å². The largest absolute Gasteiger partial charge is 0.294 e. The molecule has 0 radical (unpaired) electrons. The molecule has 3 rings (SSSR count). The molecule has 0 N–H and O–H groups in total. The second-order valence-corrected chi connectivity index (χ2v) is 4.96. The van der Waals surface area contributed by atoms with Crippen molar-refractivity contribution in [2.24, 2.45) is 0 Å². The lowest BCUT2D eigenvalue weighted by Crippen LogP contribution is -2.17. The Morgan fingerprint density at radius 1 is 1.00 bits per heavy atom. The van der Waals surface area contributed by atoms with Gasteiger partial charge in [-0.25, -0.2) is 0 Å². The van der Waals surface area contributed by atoms with Crippen LogP contribution in [0.1, 0.15) is 45.8 Å². The Balaban J connectivity index is 2.15. The lowest BCUT2D eigenvalue weighted by molar-refractivity contribution is 0.0968. The Labute approximate surface area is 107 Å². The van der Waals surface area contributed by atoms with Gasteiger partial charge >= 0.3 is 0 Å². The average molecular weight is 236 g/mol. The van der Waals surface area contributed by atoms with Crippen molar-refractivity contribution >= 4 is 5.78 Å². The third kappa shape index (κ3) is 1.76. The molecule has 0 spiro atoms. The number of hydrogen-bond donors (Lipinski definition) is 0. The Hall–Kier alpha value is -1.89. The highest BCUT2D eigenvalue weighted by Crippen LogP contribution is 2.37. The van der Waals surface area contributed by atoms with E-state index in [2.05, 4.69) is 36.4 Å². The summed E-state index contributed by atoms with van der Waals surface area (Å²) in [6, 6.07) is 16.7. The van der Waals surface area contributed by atoms with Gasteiger partial charge in [-0.15, -0.1) is 0 Å². The van der Waals surface area contributed by atoms with E-state index >= 15 is 0 Å². The summed E-state index contributed by atoms with van der Waals surface area (Å²) in [5.41, 5.74) is 4.59. The summed E-state index contributed by atoms with van der Waals surface area (Å²) < 4.78 is 0. The van der Waals surface area contributed by atoms with Crippen LogP contribution in [-0.2, 0) is 0 Å². The number of carbonyl (C=O) groups is 1. The van der Waals surface area contributed by atoms with Crippen molar-refractivity contribution in [1.82, 2.24) is 0 Å². The molecule has 0 aromatic heterocycles. The molecule has 0 aliphatic heterocycles. The molecule has 1 aliphatic rings. The van der Waals surface area contributed by atoms with E-state index in [9.17, 15) is 4.79 Å². The zero-order chi connectivity index (χ0) is 12.5. The fourth-order valence-electron chi connectivity index (χ4n) is 2.95. The molecule has 1 atom stereocenters. The quantitative estimate of drug-likeness (QED) is 0.728. The first kappa shape index (κ1) is 11.2. The van der Waals surface area contributed by atoms with Crippen molar-refractivity contribution in [1.29, 1.82) is 0 Å². The third-order valence-electron chi connectivity index (χ3n) is 3.82. The molecule has 0 unspecified atom stereocenters. The molecule has 0 bridgehead atoms. The molecule has 1 aliphatic carbocycles. The van der Waals surface area contributed by atoms with Gasteiger partial charge < -0.3 is 0 Å². The number of ketones is 1. The molecular weight excluding hydrogens is 220 g/mol. The van der Waals surface area contributed by atoms with Crippen molar-refractivity contribution in [3.63, 3.8) is 0 Å². The molecule has 2 aromatic carbocycles. The predicted octanol–water partition coefficient (Wildman–Crippen LogP) is 4.10. The summed E-state index contributed by atoms with van der Waals surface area (Å²) in [4.78, 5) is 12.1. The fraction of sp³-hybridized carbons (Fsp3) is 0.235. The monoisotopic (exact) mass is 236 g/mol. The lowest BCUT2D eigenvalue weighted by atomic mass is 9.77. The van der Waals surface area contributed by atoms with Crippen LogP contribution in [0.2, 0.25) is 0 Å². The van der Waals surface area contributed by atoms with E-state index in [1.807, 2.05) is 19.1 Å². The number of rotatable bonds is 1. The van der Waals surface area contributed by atoms with Crippen LogP contribution in [0, 0.1) is 6.92 Å². The zero-order valence-electron chi connectivity index (χ0n) is 10.5. The molecule has 0 fully saturated rings. The molecule has 2 aromatic rings. The van der Waals surface area contributed by atoms with Crippen LogP contribution in [0.25, 0.3) is 0 Å². The van der Waals surface area contributed by atoms with Crippen LogP contribution in [0.15, 0.2) is 48.5 Å². The number of hydrogen-bond acceptors (Lipinski definition) is 1. The number of benzene rings is 2. The number of carbonyl (C=O) groups excluding carboxylic acids is 1. The standard InChI is InChI=1S/C17H16O/c1-12-6-5-9-15-14(10-11-16(18)17(12)15)13-7-3-2-4-8-13/h2-9,14H,10-11H2,1H3/t14-/m0/s1. The van der Waals surface area contributed by atoms with Gasteiger partial charge in [-0.2, -0.15) is 0 Å². The van der Waals surface area contributed by atoms with Gasteiger partial charge in [0, 0.05) is 17.9 Å². The van der Waals surface area contributed by atoms with Gasteiger partial charge in [0.25, 0.3) is 0 Å². The zero-order valence-corrected chi connectivity index (χ0v) is 10.5. The number of aryl methyl sites for hydroxylation is 1. The predicted molar refractivity (Wildman–Crippen MR) is 73.0 cm³/mol. The van der Waals surface area contributed by atoms with Gasteiger partial charge in [0.2, 0.25) is 0 Å². The van der Waals surface area contributed by atoms with Gasteiger partial charge in [-0.1, -0.05) is 48.5 Å². The fourth-order valence-corrected chi connectivity index (χ4v) is 2.95. The Bertz CT molecular complexity index is 584. The first-order valence-corrected chi connectivity index (χ1v) is 6.45. The molecule has 1 nitrogen and oxygen atoms in total. The van der Waals surface area contributed by atoms with Crippen LogP contribution in [0.5, 0.6) is 0 Å². The molecule has 1 heteroatoms. The second-order valence-electron chi connectivity index (χ2n) is 4.96. The summed E-state index contributed by atoms with van der Waals surface area (Å²) >= 11 is 0. The molecule has 0 heterocycles. The highest BCUT2D eigenvalue weighted by atomic mass is 16.1. The van der Waals surface area contributed by atoms with E-state index < -0.39 is 0 Å². The normalized spacial score (nSPS) is 18.5. The van der Waals surface area contributed by atoms with E-state index in [-0.39, 0.29) is 0 Å². The van der Waals surface area contributed by atoms with Gasteiger partial charge in [0.15, 0.2) is 5.78 Å². The molecule has 18 heavy (non-hydrogen) atoms. The summed E-state index contributed by atoms with van der Waals surface area (Å²) in [5, 5.41) is 0. The Morgan fingerprint density at radius 2 is 1.78 bits per heavy atom. The third-order valence-corrected chi connectivity index (χ3v) is 3.82. The van der Waals surface area contributed by atoms with E-state index in [0.717, 1.165) is 17.5 Å². The van der Waals surface area contributed by atoms with Crippen molar-refractivity contribution < 1.29 is 4.79 Å².